The number of benzene rings is 1. The van der Waals surface area contributed by atoms with E-state index in [1.54, 1.807) is 10.9 Å². The van der Waals surface area contributed by atoms with Gasteiger partial charge in [-0.2, -0.15) is 14.9 Å². The van der Waals surface area contributed by atoms with Crippen molar-refractivity contribution < 1.29 is 0 Å². The lowest BCUT2D eigenvalue weighted by molar-refractivity contribution is 0.700. The molecule has 0 aliphatic heterocycles. The maximum Gasteiger partial charge on any atom is 0.216 e. The van der Waals surface area contributed by atoms with Crippen LogP contribution in [0, 0.1) is 4.77 Å². The average molecular weight is 295 g/mol. The Kier molecular flexibility index (Phi) is 4.87. The molecule has 0 fully saturated rings. The summed E-state index contributed by atoms with van der Waals surface area (Å²) < 4.78 is 2.16. The Balaban J connectivity index is 2.23. The highest BCUT2D eigenvalue weighted by atomic mass is 35.5. The highest BCUT2D eigenvalue weighted by Gasteiger charge is 2.03. The summed E-state index contributed by atoms with van der Waals surface area (Å²) in [6.07, 6.45) is 4.76. The van der Waals surface area contributed by atoms with Crippen molar-refractivity contribution in [2.75, 3.05) is 0 Å². The average Bonchev–Trinajstić information content (AvgIpc) is 2.75. The van der Waals surface area contributed by atoms with Crippen molar-refractivity contribution in [3.05, 3.63) is 45.4 Å². The fourth-order valence-corrected chi connectivity index (χ4v) is 2.05. The third kappa shape index (κ3) is 3.75. The number of aromatic amines is 1. The molecule has 0 radical (unpaired) electrons. The number of hydrogen-bond donors (Lipinski definition) is 1. The van der Waals surface area contributed by atoms with Gasteiger partial charge in [-0.3, -0.25) is 5.10 Å². The van der Waals surface area contributed by atoms with Crippen LogP contribution in [0.1, 0.15) is 31.2 Å². The van der Waals surface area contributed by atoms with Crippen molar-refractivity contribution in [1.82, 2.24) is 14.9 Å². The first-order chi connectivity index (χ1) is 9.20. The van der Waals surface area contributed by atoms with Crippen LogP contribution in [0.2, 0.25) is 5.02 Å². The summed E-state index contributed by atoms with van der Waals surface area (Å²) in [5.41, 5.74) is 0.928. The molecule has 0 aliphatic rings. The quantitative estimate of drug-likeness (QED) is 0.673. The molecule has 0 unspecified atom stereocenters. The minimum Gasteiger partial charge on any atom is -0.250 e. The predicted molar refractivity (Wildman–Crippen MR) is 80.5 cm³/mol. The molecular formula is C13H15ClN4S. The number of rotatable bonds is 5. The second-order valence-corrected chi connectivity index (χ2v) is 4.98. The number of nitrogens with zero attached hydrogens (tertiary/aromatic N) is 3. The lowest BCUT2D eigenvalue weighted by atomic mass is 10.2. The SMILES string of the molecule is CCCCc1n[nH]c(=S)n1/N=C/c1cccc(Cl)c1. The maximum absolute atomic E-state index is 5.93. The van der Waals surface area contributed by atoms with E-state index in [1.165, 1.54) is 0 Å². The van der Waals surface area contributed by atoms with Crippen LogP contribution in [-0.4, -0.2) is 21.1 Å². The Morgan fingerprint density at radius 2 is 2.37 bits per heavy atom. The summed E-state index contributed by atoms with van der Waals surface area (Å²) >= 11 is 11.1. The Labute approximate surface area is 122 Å². The summed E-state index contributed by atoms with van der Waals surface area (Å²) in [5, 5.41) is 12.0. The van der Waals surface area contributed by atoms with Gasteiger partial charge >= 0.3 is 0 Å². The number of hydrogen-bond acceptors (Lipinski definition) is 3. The summed E-state index contributed by atoms with van der Waals surface area (Å²) in [6, 6.07) is 7.50. The van der Waals surface area contributed by atoms with Gasteiger partial charge < -0.3 is 0 Å². The van der Waals surface area contributed by atoms with Crippen molar-refractivity contribution >= 4 is 30.0 Å². The number of aromatic nitrogens is 3. The van der Waals surface area contributed by atoms with Gasteiger partial charge in [-0.15, -0.1) is 0 Å². The molecule has 1 heterocycles. The molecule has 0 saturated heterocycles. The first-order valence-corrected chi connectivity index (χ1v) is 6.95. The summed E-state index contributed by atoms with van der Waals surface area (Å²) in [6.45, 7) is 2.14. The molecule has 19 heavy (non-hydrogen) atoms. The molecule has 1 aromatic carbocycles. The van der Waals surface area contributed by atoms with E-state index in [0.717, 1.165) is 30.7 Å². The highest BCUT2D eigenvalue weighted by molar-refractivity contribution is 7.71. The Hall–Kier alpha value is -1.46. The molecule has 0 aliphatic carbocycles. The van der Waals surface area contributed by atoms with E-state index >= 15 is 0 Å². The predicted octanol–water partition coefficient (Wildman–Crippen LogP) is 3.82. The summed E-state index contributed by atoms with van der Waals surface area (Å²) in [4.78, 5) is 0. The Bertz CT molecular complexity index is 630. The van der Waals surface area contributed by atoms with E-state index in [1.807, 2.05) is 24.3 Å². The topological polar surface area (TPSA) is 46.0 Å². The molecule has 0 saturated carbocycles. The minimum absolute atomic E-state index is 0.504. The molecule has 0 bridgehead atoms. The van der Waals surface area contributed by atoms with Crippen molar-refractivity contribution in [3.63, 3.8) is 0 Å². The largest absolute Gasteiger partial charge is 0.250 e. The first-order valence-electron chi connectivity index (χ1n) is 6.17. The standard InChI is InChI=1S/C13H15ClN4S/c1-2-3-7-12-16-17-13(19)18(12)15-9-10-5-4-6-11(14)8-10/h4-6,8-9H,2-3,7H2,1H3,(H,17,19)/b15-9+. The monoisotopic (exact) mass is 294 g/mol. The van der Waals surface area contributed by atoms with E-state index in [9.17, 15) is 0 Å². The Morgan fingerprint density at radius 3 is 3.11 bits per heavy atom. The van der Waals surface area contributed by atoms with Crippen LogP contribution < -0.4 is 0 Å². The van der Waals surface area contributed by atoms with E-state index in [0.29, 0.717) is 9.79 Å². The van der Waals surface area contributed by atoms with Crippen LogP contribution in [-0.2, 0) is 6.42 Å². The van der Waals surface area contributed by atoms with Gasteiger partial charge in [-0.1, -0.05) is 37.1 Å². The normalized spacial score (nSPS) is 11.3. The third-order valence-electron chi connectivity index (χ3n) is 2.64. The fraction of sp³-hybridized carbons (Fsp3) is 0.308. The van der Waals surface area contributed by atoms with Gasteiger partial charge in [0.1, 0.15) is 0 Å². The van der Waals surface area contributed by atoms with Crippen LogP contribution >= 0.6 is 23.8 Å². The first kappa shape index (κ1) is 14.0. The molecule has 2 aromatic rings. The van der Waals surface area contributed by atoms with E-state index in [4.69, 9.17) is 23.8 Å². The van der Waals surface area contributed by atoms with Gasteiger partial charge in [0.25, 0.3) is 0 Å². The van der Waals surface area contributed by atoms with Crippen molar-refractivity contribution in [3.8, 4) is 0 Å². The summed E-state index contributed by atoms with van der Waals surface area (Å²) in [7, 11) is 0. The highest BCUT2D eigenvalue weighted by Crippen LogP contribution is 2.09. The Morgan fingerprint density at radius 1 is 1.53 bits per heavy atom. The number of halogens is 1. The zero-order valence-corrected chi connectivity index (χ0v) is 12.2. The smallest absolute Gasteiger partial charge is 0.216 e. The maximum atomic E-state index is 5.93. The molecule has 0 atom stereocenters. The van der Waals surface area contributed by atoms with Crippen molar-refractivity contribution in [2.45, 2.75) is 26.2 Å². The van der Waals surface area contributed by atoms with Gasteiger partial charge in [0.05, 0.1) is 6.21 Å². The number of H-pyrrole nitrogens is 1. The number of unbranched alkanes of at least 4 members (excludes halogenated alkanes) is 1. The summed E-state index contributed by atoms with van der Waals surface area (Å²) in [5.74, 6) is 0.852. The molecule has 2 rings (SSSR count). The van der Waals surface area contributed by atoms with Crippen LogP contribution in [0.4, 0.5) is 0 Å². The second kappa shape index (κ2) is 6.63. The molecular weight excluding hydrogens is 280 g/mol. The van der Waals surface area contributed by atoms with E-state index < -0.39 is 0 Å². The third-order valence-corrected chi connectivity index (χ3v) is 3.14. The van der Waals surface area contributed by atoms with E-state index in [2.05, 4.69) is 22.2 Å². The van der Waals surface area contributed by atoms with Crippen LogP contribution in [0.5, 0.6) is 0 Å². The van der Waals surface area contributed by atoms with Crippen molar-refractivity contribution in [1.29, 1.82) is 0 Å². The molecule has 1 aromatic heterocycles. The molecule has 0 spiro atoms. The van der Waals surface area contributed by atoms with Gasteiger partial charge in [0, 0.05) is 11.4 Å². The molecule has 1 N–H and O–H groups in total. The minimum atomic E-state index is 0.504. The van der Waals surface area contributed by atoms with Gasteiger partial charge in [0.15, 0.2) is 5.82 Å². The fourth-order valence-electron chi connectivity index (χ4n) is 1.65. The van der Waals surface area contributed by atoms with Gasteiger partial charge in [0.2, 0.25) is 4.77 Å². The van der Waals surface area contributed by atoms with Crippen LogP contribution in [0.15, 0.2) is 29.4 Å². The zero-order chi connectivity index (χ0) is 13.7. The molecule has 6 heteroatoms. The van der Waals surface area contributed by atoms with Gasteiger partial charge in [-0.05, 0) is 36.3 Å². The zero-order valence-electron chi connectivity index (χ0n) is 10.6. The number of aryl methyl sites for hydroxylation is 1. The van der Waals surface area contributed by atoms with Crippen LogP contribution in [0.25, 0.3) is 0 Å². The number of nitrogens with one attached hydrogen (secondary N) is 1. The van der Waals surface area contributed by atoms with E-state index in [-0.39, 0.29) is 0 Å². The molecule has 100 valence electrons. The lowest BCUT2D eigenvalue weighted by Crippen LogP contribution is -1.99. The van der Waals surface area contributed by atoms with Gasteiger partial charge in [-0.25, -0.2) is 0 Å². The molecule has 4 nitrogen and oxygen atoms in total. The second-order valence-electron chi connectivity index (χ2n) is 4.16. The lowest BCUT2D eigenvalue weighted by Gasteiger charge is -1.99. The van der Waals surface area contributed by atoms with Crippen LogP contribution in [0.3, 0.4) is 0 Å². The van der Waals surface area contributed by atoms with Crippen molar-refractivity contribution in [2.24, 2.45) is 5.10 Å². The molecule has 0 amide bonds.